The molecule has 0 spiro atoms. The van der Waals surface area contributed by atoms with Crippen molar-refractivity contribution in [1.82, 2.24) is 0 Å². The zero-order chi connectivity index (χ0) is 28.8. The zero-order valence-corrected chi connectivity index (χ0v) is 27.8. The van der Waals surface area contributed by atoms with Crippen molar-refractivity contribution in [2.45, 2.75) is 20.8 Å². The third kappa shape index (κ3) is 14.2. The molecule has 0 aliphatic carbocycles. The number of carboxylic acid groups (broad SMARTS) is 3. The van der Waals surface area contributed by atoms with Crippen LogP contribution < -0.4 is 15.3 Å². The van der Waals surface area contributed by atoms with Gasteiger partial charge in [0, 0.05) is 0 Å². The second-order valence-corrected chi connectivity index (χ2v) is 8.62. The van der Waals surface area contributed by atoms with Gasteiger partial charge in [0.05, 0.1) is 17.9 Å². The Hall–Kier alpha value is -3.33. The number of carbonyl (C=O) groups excluding carboxylic acids is 3. The molecule has 5 aromatic carbocycles. The van der Waals surface area contributed by atoms with Crippen molar-refractivity contribution in [1.29, 1.82) is 0 Å². The van der Waals surface area contributed by atoms with Crippen molar-refractivity contribution in [2.75, 3.05) is 0 Å². The van der Waals surface area contributed by atoms with Gasteiger partial charge in [0.25, 0.3) is 0 Å². The van der Waals surface area contributed by atoms with Gasteiger partial charge in [-0.05, 0) is 37.5 Å². The Morgan fingerprint density at radius 3 is 1.10 bits per heavy atom. The van der Waals surface area contributed by atoms with Gasteiger partial charge in [0.2, 0.25) is 0 Å². The summed E-state index contributed by atoms with van der Waals surface area (Å²) in [6.07, 6.45) is 0. The van der Waals surface area contributed by atoms with Gasteiger partial charge in [0.15, 0.2) is 0 Å². The van der Waals surface area contributed by atoms with Crippen LogP contribution in [0.1, 0.15) is 47.8 Å². The molecule has 0 atom stereocenters. The number of hydrogen-bond donors (Lipinski definition) is 0. The summed E-state index contributed by atoms with van der Waals surface area (Å²) in [5.41, 5.74) is 3.82. The molecule has 41 heavy (non-hydrogen) atoms. The van der Waals surface area contributed by atoms with Crippen molar-refractivity contribution >= 4 is 28.7 Å². The Balaban J connectivity index is 0.000000512. The molecular weight excluding hydrogens is 675 g/mol. The van der Waals surface area contributed by atoms with E-state index in [0.717, 1.165) is 16.7 Å². The van der Waals surface area contributed by atoms with Crippen molar-refractivity contribution in [2.24, 2.45) is 0 Å². The van der Waals surface area contributed by atoms with Crippen LogP contribution in [-0.4, -0.2) is 17.9 Å². The van der Waals surface area contributed by atoms with E-state index in [2.05, 4.69) is 42.5 Å². The maximum Gasteiger partial charge on any atom is 4.00 e. The minimum Gasteiger partial charge on any atom is -0.545 e. The van der Waals surface area contributed by atoms with E-state index in [9.17, 15) is 29.7 Å². The van der Waals surface area contributed by atoms with E-state index < -0.39 is 17.9 Å². The van der Waals surface area contributed by atoms with Crippen LogP contribution in [0.3, 0.4) is 0 Å². The van der Waals surface area contributed by atoms with E-state index in [4.69, 9.17) is 0 Å². The summed E-state index contributed by atoms with van der Waals surface area (Å²) in [6, 6.07) is 34.3. The van der Waals surface area contributed by atoms with Gasteiger partial charge in [-0.25, -0.2) is 0 Å². The molecule has 0 radical (unpaired) electrons. The first-order valence-corrected chi connectivity index (χ1v) is 12.0. The third-order valence-corrected chi connectivity index (χ3v) is 5.41. The molecule has 0 saturated heterocycles. The average molecular weight is 703 g/mol. The quantitative estimate of drug-likeness (QED) is 0.265. The van der Waals surface area contributed by atoms with Gasteiger partial charge in [-0.3, -0.25) is 0 Å². The van der Waals surface area contributed by atoms with Gasteiger partial charge >= 0.3 is 52.4 Å². The fourth-order valence-electron chi connectivity index (χ4n) is 3.14. The van der Waals surface area contributed by atoms with Crippen LogP contribution >= 0.6 is 0 Å². The molecular formula is C33H28O6Zr2+4. The number of carboxylic acids is 3. The second kappa shape index (κ2) is 19.7. The van der Waals surface area contributed by atoms with E-state index >= 15 is 0 Å². The minimum absolute atomic E-state index is 0. The number of hydrogen-bond acceptors (Lipinski definition) is 6. The summed E-state index contributed by atoms with van der Waals surface area (Å²) >= 11 is 0. The first-order valence-electron chi connectivity index (χ1n) is 12.0. The predicted molar refractivity (Wildman–Crippen MR) is 146 cm³/mol. The fourth-order valence-corrected chi connectivity index (χ4v) is 3.14. The van der Waals surface area contributed by atoms with Gasteiger partial charge in [0.1, 0.15) is 0 Å². The Morgan fingerprint density at radius 1 is 0.488 bits per heavy atom. The zero-order valence-electron chi connectivity index (χ0n) is 22.9. The number of aromatic carboxylic acids is 3. The fraction of sp³-hybridized carbons (Fsp3) is 0.0909. The molecule has 0 amide bonds. The molecule has 0 aliphatic heterocycles. The van der Waals surface area contributed by atoms with Crippen molar-refractivity contribution in [3.05, 3.63) is 149 Å². The Kier molecular flexibility index (Phi) is 18.1. The molecule has 0 bridgehead atoms. The van der Waals surface area contributed by atoms with Crippen LogP contribution in [0, 0.1) is 20.8 Å². The summed E-state index contributed by atoms with van der Waals surface area (Å²) in [5, 5.41) is 33.3. The summed E-state index contributed by atoms with van der Waals surface area (Å²) in [7, 11) is 0. The molecule has 0 N–H and O–H groups in total. The minimum atomic E-state index is -1.12. The smallest absolute Gasteiger partial charge is 0.545 e. The van der Waals surface area contributed by atoms with Crippen LogP contribution in [0.15, 0.2) is 115 Å². The van der Waals surface area contributed by atoms with Crippen LogP contribution in [-0.2, 0) is 52.4 Å². The van der Waals surface area contributed by atoms with Crippen LogP contribution in [0.25, 0.3) is 10.8 Å². The summed E-state index contributed by atoms with van der Waals surface area (Å²) in [5.74, 6) is -3.37. The topological polar surface area (TPSA) is 120 Å². The largest absolute Gasteiger partial charge is 4.00 e. The molecule has 0 heterocycles. The molecule has 200 valence electrons. The monoisotopic (exact) mass is 700 g/mol. The SMILES string of the molecule is Cc1ccc(C(=O)[O-])cc1.Cc1ccc(C(=O)[O-])cc1.Cc1ccc(C(=O)[O-])cc1.[Zr+4].[Zr+4].c1ccc2[cH-]ccc2c1. The maximum absolute atomic E-state index is 10.2. The molecule has 0 unspecified atom stereocenters. The van der Waals surface area contributed by atoms with E-state index in [-0.39, 0.29) is 69.1 Å². The van der Waals surface area contributed by atoms with Crippen LogP contribution in [0.5, 0.6) is 0 Å². The van der Waals surface area contributed by atoms with Crippen LogP contribution in [0.4, 0.5) is 0 Å². The number of rotatable bonds is 3. The summed E-state index contributed by atoms with van der Waals surface area (Å²) < 4.78 is 0. The molecule has 6 nitrogen and oxygen atoms in total. The molecule has 0 fully saturated rings. The first-order chi connectivity index (χ1) is 18.6. The molecule has 0 aliphatic rings. The third-order valence-electron chi connectivity index (χ3n) is 5.41. The van der Waals surface area contributed by atoms with Gasteiger partial charge in [-0.15, -0.1) is 29.7 Å². The first kappa shape index (κ1) is 37.7. The van der Waals surface area contributed by atoms with E-state index in [1.165, 1.54) is 47.2 Å². The van der Waals surface area contributed by atoms with Crippen molar-refractivity contribution in [3.8, 4) is 0 Å². The number of carbonyl (C=O) groups is 3. The Labute approximate surface area is 278 Å². The maximum atomic E-state index is 10.2. The molecule has 5 aromatic rings. The molecule has 5 rings (SSSR count). The summed E-state index contributed by atoms with van der Waals surface area (Å²) in [6.45, 7) is 5.71. The van der Waals surface area contributed by atoms with Gasteiger partial charge < -0.3 is 29.7 Å². The Bertz CT molecular complexity index is 1330. The molecule has 8 heteroatoms. The Morgan fingerprint density at radius 2 is 0.805 bits per heavy atom. The normalized spacial score (nSPS) is 9.05. The number of benzene rings is 4. The van der Waals surface area contributed by atoms with Crippen molar-refractivity contribution in [3.63, 3.8) is 0 Å². The van der Waals surface area contributed by atoms with E-state index in [1.807, 2.05) is 20.8 Å². The van der Waals surface area contributed by atoms with Gasteiger partial charge in [-0.1, -0.05) is 95.6 Å². The predicted octanol–water partition coefficient (Wildman–Crippen LogP) is 3.63. The molecule has 0 saturated carbocycles. The summed E-state index contributed by atoms with van der Waals surface area (Å²) in [4.78, 5) is 30.6. The van der Waals surface area contributed by atoms with Crippen LogP contribution in [0.2, 0.25) is 0 Å². The van der Waals surface area contributed by atoms with Crippen molar-refractivity contribution < 1.29 is 82.1 Å². The number of fused-ring (bicyclic) bond motifs is 1. The van der Waals surface area contributed by atoms with E-state index in [0.29, 0.717) is 0 Å². The molecule has 0 aromatic heterocycles. The van der Waals surface area contributed by atoms with Gasteiger partial charge in [-0.2, -0.15) is 17.5 Å². The van der Waals surface area contributed by atoms with E-state index in [1.54, 1.807) is 36.4 Å². The standard InChI is InChI=1S/C9H7.3C8H8O2.2Zr/c1-2-5-9-7-3-6-8(9)4-1;3*1-6-2-4-7(5-3-6)8(9)10;;/h1-7H;3*2-5H,1H3,(H,9,10);;/q-1;;;;2*+4/p-3. The second-order valence-electron chi connectivity index (χ2n) is 8.62. The average Bonchev–Trinajstić information content (AvgIpc) is 3.40. The number of aryl methyl sites for hydroxylation is 3.